The SMILES string of the molecule is COc1cccc(C2(NC(=O)C3CO3)CC2)c1. The summed E-state index contributed by atoms with van der Waals surface area (Å²) in [5.74, 6) is 0.830. The third-order valence-electron chi connectivity index (χ3n) is 3.36. The van der Waals surface area contributed by atoms with E-state index in [2.05, 4.69) is 5.32 Å². The molecule has 1 saturated carbocycles. The molecule has 17 heavy (non-hydrogen) atoms. The number of amides is 1. The van der Waals surface area contributed by atoms with Gasteiger partial charge in [0.25, 0.3) is 5.91 Å². The van der Waals surface area contributed by atoms with Crippen molar-refractivity contribution >= 4 is 5.91 Å². The van der Waals surface area contributed by atoms with Crippen LogP contribution in [0.5, 0.6) is 5.75 Å². The number of rotatable bonds is 4. The molecule has 1 atom stereocenters. The van der Waals surface area contributed by atoms with Crippen LogP contribution < -0.4 is 10.1 Å². The summed E-state index contributed by atoms with van der Waals surface area (Å²) < 4.78 is 10.2. The molecule has 4 nitrogen and oxygen atoms in total. The fraction of sp³-hybridized carbons (Fsp3) is 0.462. The van der Waals surface area contributed by atoms with E-state index in [-0.39, 0.29) is 17.6 Å². The van der Waals surface area contributed by atoms with Gasteiger partial charge < -0.3 is 14.8 Å². The molecule has 1 aliphatic heterocycles. The van der Waals surface area contributed by atoms with Crippen LogP contribution in [-0.4, -0.2) is 25.7 Å². The van der Waals surface area contributed by atoms with Crippen LogP contribution >= 0.6 is 0 Å². The van der Waals surface area contributed by atoms with Crippen molar-refractivity contribution in [3.63, 3.8) is 0 Å². The minimum Gasteiger partial charge on any atom is -0.497 e. The molecule has 1 aliphatic carbocycles. The monoisotopic (exact) mass is 233 g/mol. The zero-order valence-electron chi connectivity index (χ0n) is 9.73. The van der Waals surface area contributed by atoms with Crippen LogP contribution in [-0.2, 0) is 15.1 Å². The molecule has 4 heteroatoms. The summed E-state index contributed by atoms with van der Waals surface area (Å²) in [6.45, 7) is 0.556. The zero-order valence-corrected chi connectivity index (χ0v) is 9.73. The maximum atomic E-state index is 11.7. The summed E-state index contributed by atoms with van der Waals surface area (Å²) in [4.78, 5) is 11.7. The van der Waals surface area contributed by atoms with E-state index in [0.29, 0.717) is 6.61 Å². The molecule has 0 aromatic heterocycles. The Morgan fingerprint density at radius 1 is 1.53 bits per heavy atom. The number of benzene rings is 1. The second-order valence-corrected chi connectivity index (χ2v) is 4.63. The molecule has 1 amide bonds. The van der Waals surface area contributed by atoms with Crippen LogP contribution in [0.2, 0.25) is 0 Å². The smallest absolute Gasteiger partial charge is 0.252 e. The first-order valence-corrected chi connectivity index (χ1v) is 5.82. The summed E-state index contributed by atoms with van der Waals surface area (Å²) in [7, 11) is 1.65. The Hall–Kier alpha value is -1.55. The predicted molar refractivity (Wildman–Crippen MR) is 61.8 cm³/mol. The molecular weight excluding hydrogens is 218 g/mol. The molecule has 90 valence electrons. The van der Waals surface area contributed by atoms with E-state index in [0.717, 1.165) is 24.2 Å². The van der Waals surface area contributed by atoms with Gasteiger partial charge >= 0.3 is 0 Å². The highest BCUT2D eigenvalue weighted by Crippen LogP contribution is 2.46. The van der Waals surface area contributed by atoms with Gasteiger partial charge in [0.1, 0.15) is 5.75 Å². The van der Waals surface area contributed by atoms with Crippen LogP contribution in [0.1, 0.15) is 18.4 Å². The second kappa shape index (κ2) is 3.74. The van der Waals surface area contributed by atoms with Gasteiger partial charge in [-0.1, -0.05) is 12.1 Å². The first-order valence-electron chi connectivity index (χ1n) is 5.82. The summed E-state index contributed by atoms with van der Waals surface area (Å²) in [5, 5.41) is 3.08. The van der Waals surface area contributed by atoms with E-state index < -0.39 is 0 Å². The molecule has 1 N–H and O–H groups in total. The highest BCUT2D eigenvalue weighted by Gasteiger charge is 2.48. The predicted octanol–water partition coefficient (Wildman–Crippen LogP) is 1.20. The molecule has 2 fully saturated rings. The number of methoxy groups -OCH3 is 1. The molecule has 2 aliphatic rings. The molecule has 0 radical (unpaired) electrons. The maximum Gasteiger partial charge on any atom is 0.252 e. The average molecular weight is 233 g/mol. The third-order valence-corrected chi connectivity index (χ3v) is 3.36. The zero-order chi connectivity index (χ0) is 11.9. The van der Waals surface area contributed by atoms with Gasteiger partial charge in [0.05, 0.1) is 19.3 Å². The minimum absolute atomic E-state index is 0.00493. The van der Waals surface area contributed by atoms with Crippen molar-refractivity contribution in [3.8, 4) is 5.75 Å². The third kappa shape index (κ3) is 2.00. The van der Waals surface area contributed by atoms with Crippen molar-refractivity contribution in [1.82, 2.24) is 5.32 Å². The number of hydrogen-bond donors (Lipinski definition) is 1. The van der Waals surface area contributed by atoms with E-state index in [1.54, 1.807) is 7.11 Å². The second-order valence-electron chi connectivity index (χ2n) is 4.63. The molecule has 0 bridgehead atoms. The van der Waals surface area contributed by atoms with Crippen LogP contribution in [0, 0.1) is 0 Å². The number of carbonyl (C=O) groups excluding carboxylic acids is 1. The maximum absolute atomic E-state index is 11.7. The molecule has 1 aromatic rings. The molecule has 1 heterocycles. The molecular formula is C13H15NO3. The molecule has 1 aromatic carbocycles. The molecule has 3 rings (SSSR count). The van der Waals surface area contributed by atoms with Crippen molar-refractivity contribution < 1.29 is 14.3 Å². The Kier molecular flexibility index (Phi) is 2.33. The Labute approximate surface area is 99.9 Å². The van der Waals surface area contributed by atoms with Gasteiger partial charge in [0, 0.05) is 0 Å². The van der Waals surface area contributed by atoms with Crippen molar-refractivity contribution in [2.45, 2.75) is 24.5 Å². The lowest BCUT2D eigenvalue weighted by atomic mass is 10.0. The van der Waals surface area contributed by atoms with Crippen molar-refractivity contribution in [2.75, 3.05) is 13.7 Å². The van der Waals surface area contributed by atoms with Crippen molar-refractivity contribution in [3.05, 3.63) is 29.8 Å². The summed E-state index contributed by atoms with van der Waals surface area (Å²) >= 11 is 0. The Morgan fingerprint density at radius 2 is 2.29 bits per heavy atom. The van der Waals surface area contributed by atoms with Crippen molar-refractivity contribution in [1.29, 1.82) is 0 Å². The van der Waals surface area contributed by atoms with Gasteiger partial charge in [-0.2, -0.15) is 0 Å². The Bertz CT molecular complexity index is 450. The number of epoxide rings is 1. The summed E-state index contributed by atoms with van der Waals surface area (Å²) in [6.07, 6.45) is 1.75. The lowest BCUT2D eigenvalue weighted by Gasteiger charge is -2.18. The van der Waals surface area contributed by atoms with Gasteiger partial charge in [-0.15, -0.1) is 0 Å². The van der Waals surface area contributed by atoms with Crippen molar-refractivity contribution in [2.24, 2.45) is 0 Å². The number of ether oxygens (including phenoxy) is 2. The largest absolute Gasteiger partial charge is 0.497 e. The van der Waals surface area contributed by atoms with E-state index in [9.17, 15) is 4.79 Å². The standard InChI is InChI=1S/C13H15NO3/c1-16-10-4-2-3-9(7-10)13(5-6-13)14-12(15)11-8-17-11/h2-4,7,11H,5-6,8H2,1H3,(H,14,15). The number of carbonyl (C=O) groups is 1. The number of nitrogens with one attached hydrogen (secondary N) is 1. The quantitative estimate of drug-likeness (QED) is 0.795. The van der Waals surface area contributed by atoms with Crippen LogP contribution in [0.3, 0.4) is 0 Å². The lowest BCUT2D eigenvalue weighted by Crippen LogP contribution is -2.37. The highest BCUT2D eigenvalue weighted by atomic mass is 16.6. The Balaban J connectivity index is 1.79. The molecule has 1 saturated heterocycles. The summed E-state index contributed by atoms with van der Waals surface area (Å²) in [5.41, 5.74) is 0.934. The first-order chi connectivity index (χ1) is 8.23. The van der Waals surface area contributed by atoms with Gasteiger partial charge in [-0.25, -0.2) is 0 Å². The van der Waals surface area contributed by atoms with Gasteiger partial charge in [-0.05, 0) is 30.5 Å². The van der Waals surface area contributed by atoms with Gasteiger partial charge in [-0.3, -0.25) is 4.79 Å². The fourth-order valence-electron chi connectivity index (χ4n) is 2.05. The van der Waals surface area contributed by atoms with Crippen LogP contribution in [0.4, 0.5) is 0 Å². The van der Waals surface area contributed by atoms with E-state index in [1.807, 2.05) is 24.3 Å². The van der Waals surface area contributed by atoms with Crippen LogP contribution in [0.25, 0.3) is 0 Å². The lowest BCUT2D eigenvalue weighted by molar-refractivity contribution is -0.123. The van der Waals surface area contributed by atoms with E-state index in [4.69, 9.17) is 9.47 Å². The van der Waals surface area contributed by atoms with E-state index in [1.165, 1.54) is 0 Å². The first kappa shape index (κ1) is 10.6. The normalized spacial score (nSPS) is 23.9. The number of hydrogen-bond acceptors (Lipinski definition) is 3. The fourth-order valence-corrected chi connectivity index (χ4v) is 2.05. The average Bonchev–Trinajstić information content (AvgIpc) is 3.22. The van der Waals surface area contributed by atoms with Gasteiger partial charge in [0.15, 0.2) is 6.10 Å². The molecule has 0 spiro atoms. The molecule has 1 unspecified atom stereocenters. The summed E-state index contributed by atoms with van der Waals surface area (Å²) in [6, 6.07) is 7.88. The Morgan fingerprint density at radius 3 is 2.88 bits per heavy atom. The van der Waals surface area contributed by atoms with Gasteiger partial charge in [0.2, 0.25) is 0 Å². The highest BCUT2D eigenvalue weighted by molar-refractivity contribution is 5.84. The minimum atomic E-state index is -0.224. The van der Waals surface area contributed by atoms with Crippen LogP contribution in [0.15, 0.2) is 24.3 Å². The van der Waals surface area contributed by atoms with E-state index >= 15 is 0 Å². The topological polar surface area (TPSA) is 50.9 Å².